The molecule has 0 unspecified atom stereocenters. The summed E-state index contributed by atoms with van der Waals surface area (Å²) >= 11 is 1.63. The van der Waals surface area contributed by atoms with E-state index in [1.165, 1.54) is 54.6 Å². The van der Waals surface area contributed by atoms with Crippen molar-refractivity contribution in [3.8, 4) is 0 Å². The average Bonchev–Trinajstić information content (AvgIpc) is 3.19. The summed E-state index contributed by atoms with van der Waals surface area (Å²) in [6.07, 6.45) is 0.682. The van der Waals surface area contributed by atoms with E-state index < -0.39 is 15.7 Å². The van der Waals surface area contributed by atoms with E-state index in [1.54, 1.807) is 17.8 Å². The Morgan fingerprint density at radius 2 is 1.76 bits per heavy atom. The largest absolute Gasteiger partial charge is 0.345 e. The third-order valence-corrected chi connectivity index (χ3v) is 8.02. The summed E-state index contributed by atoms with van der Waals surface area (Å²) in [5.74, 6) is 0.134. The number of aromatic amines is 2. The van der Waals surface area contributed by atoms with Gasteiger partial charge < -0.3 is 15.3 Å². The van der Waals surface area contributed by atoms with E-state index in [0.29, 0.717) is 23.0 Å². The van der Waals surface area contributed by atoms with Crippen LogP contribution in [0.3, 0.4) is 0 Å². The van der Waals surface area contributed by atoms with Crippen LogP contribution in [0.15, 0.2) is 75.2 Å². The van der Waals surface area contributed by atoms with Crippen molar-refractivity contribution in [3.63, 3.8) is 0 Å². The van der Waals surface area contributed by atoms with E-state index >= 15 is 0 Å². The Hall–Kier alpha value is -3.57. The van der Waals surface area contributed by atoms with Crippen LogP contribution in [0, 0.1) is 5.82 Å². The molecule has 11 heteroatoms. The standard InChI is InChI=1S/C23H19FN4O4S2/c24-14-3-8-21-17(11-14)18(9-10-33-21)25-22(29)13-1-4-15(5-2-13)28-34(31,32)16-6-7-19-20(12-16)27-23(30)26-19/h1-8,11-12,18,28H,9-10H2,(H,25,29)(H2,26,27,30)/t18-/m0/s1. The van der Waals surface area contributed by atoms with Gasteiger partial charge in [0.05, 0.1) is 22.0 Å². The molecule has 1 aromatic heterocycles. The van der Waals surface area contributed by atoms with Gasteiger partial charge in [0.15, 0.2) is 0 Å². The lowest BCUT2D eigenvalue weighted by Crippen LogP contribution is -2.30. The number of hydrogen-bond donors (Lipinski definition) is 4. The Balaban J connectivity index is 1.30. The molecule has 0 saturated heterocycles. The summed E-state index contributed by atoms with van der Waals surface area (Å²) in [4.78, 5) is 30.2. The number of anilines is 1. The zero-order valence-electron chi connectivity index (χ0n) is 17.6. The summed E-state index contributed by atoms with van der Waals surface area (Å²) in [5, 5.41) is 2.94. The molecule has 0 aliphatic carbocycles. The normalized spacial score (nSPS) is 15.6. The van der Waals surface area contributed by atoms with Crippen LogP contribution in [-0.4, -0.2) is 30.0 Å². The van der Waals surface area contributed by atoms with Gasteiger partial charge >= 0.3 is 5.69 Å². The molecular weight excluding hydrogens is 479 g/mol. The number of aromatic nitrogens is 2. The van der Waals surface area contributed by atoms with E-state index in [-0.39, 0.29) is 28.3 Å². The minimum absolute atomic E-state index is 0.0156. The van der Waals surface area contributed by atoms with E-state index in [9.17, 15) is 22.4 Å². The van der Waals surface area contributed by atoms with Crippen LogP contribution in [0.25, 0.3) is 11.0 Å². The van der Waals surface area contributed by atoms with E-state index in [4.69, 9.17) is 0 Å². The van der Waals surface area contributed by atoms with Crippen LogP contribution in [0.2, 0.25) is 0 Å². The molecule has 4 aromatic rings. The molecule has 0 radical (unpaired) electrons. The number of halogens is 1. The summed E-state index contributed by atoms with van der Waals surface area (Å²) in [7, 11) is -3.91. The van der Waals surface area contributed by atoms with Gasteiger partial charge in [0.2, 0.25) is 0 Å². The van der Waals surface area contributed by atoms with Crippen LogP contribution in [0.4, 0.5) is 10.1 Å². The van der Waals surface area contributed by atoms with Gasteiger partial charge in [-0.25, -0.2) is 17.6 Å². The molecule has 174 valence electrons. The molecular formula is C23H19FN4O4S2. The number of imidazole rings is 1. The number of sulfonamides is 1. The second kappa shape index (κ2) is 8.65. The monoisotopic (exact) mass is 498 g/mol. The highest BCUT2D eigenvalue weighted by atomic mass is 32.2. The van der Waals surface area contributed by atoms with Gasteiger partial charge in [0.1, 0.15) is 5.82 Å². The number of amides is 1. The number of carbonyl (C=O) groups excluding carboxylic acids is 1. The molecule has 34 heavy (non-hydrogen) atoms. The van der Waals surface area contributed by atoms with Gasteiger partial charge in [-0.15, -0.1) is 11.8 Å². The van der Waals surface area contributed by atoms with Crippen molar-refractivity contribution in [2.24, 2.45) is 0 Å². The Morgan fingerprint density at radius 3 is 2.56 bits per heavy atom. The van der Waals surface area contributed by atoms with Crippen molar-refractivity contribution in [1.29, 1.82) is 0 Å². The SMILES string of the molecule is O=C(N[C@H]1CCSc2ccc(F)cc21)c1ccc(NS(=O)(=O)c2ccc3[nH]c(=O)[nH]c3c2)cc1. The Kier molecular flexibility index (Phi) is 5.66. The van der Waals surface area contributed by atoms with Crippen LogP contribution < -0.4 is 15.7 Å². The first-order valence-corrected chi connectivity index (χ1v) is 12.8. The molecule has 0 fully saturated rings. The third kappa shape index (κ3) is 4.44. The first kappa shape index (κ1) is 22.2. The zero-order valence-corrected chi connectivity index (χ0v) is 19.2. The quantitative estimate of drug-likeness (QED) is 0.334. The van der Waals surface area contributed by atoms with Gasteiger partial charge in [-0.2, -0.15) is 0 Å². The second-order valence-electron chi connectivity index (χ2n) is 7.81. The Bertz CT molecular complexity index is 1560. The molecule has 1 aliphatic rings. The van der Waals surface area contributed by atoms with Gasteiger partial charge in [0, 0.05) is 21.9 Å². The third-order valence-electron chi connectivity index (χ3n) is 5.51. The highest BCUT2D eigenvalue weighted by Crippen LogP contribution is 2.36. The molecule has 8 nitrogen and oxygen atoms in total. The van der Waals surface area contributed by atoms with Crippen molar-refractivity contribution in [2.75, 3.05) is 10.5 Å². The van der Waals surface area contributed by atoms with E-state index in [1.807, 2.05) is 0 Å². The highest BCUT2D eigenvalue weighted by molar-refractivity contribution is 7.99. The van der Waals surface area contributed by atoms with Gasteiger partial charge in [-0.05, 0) is 72.6 Å². The number of thioether (sulfide) groups is 1. The minimum Gasteiger partial charge on any atom is -0.345 e. The number of benzene rings is 3. The smallest absolute Gasteiger partial charge is 0.323 e. The maximum Gasteiger partial charge on any atom is 0.323 e. The fourth-order valence-corrected chi connectivity index (χ4v) is 6.03. The number of H-pyrrole nitrogens is 2. The average molecular weight is 499 g/mol. The zero-order chi connectivity index (χ0) is 23.9. The molecule has 0 bridgehead atoms. The van der Waals surface area contributed by atoms with Crippen molar-refractivity contribution < 1.29 is 17.6 Å². The number of fused-ring (bicyclic) bond motifs is 2. The van der Waals surface area contributed by atoms with Gasteiger partial charge in [0.25, 0.3) is 15.9 Å². The molecule has 0 spiro atoms. The molecule has 1 aliphatic heterocycles. The van der Waals surface area contributed by atoms with E-state index in [0.717, 1.165) is 16.2 Å². The lowest BCUT2D eigenvalue weighted by molar-refractivity contribution is 0.0935. The highest BCUT2D eigenvalue weighted by Gasteiger charge is 2.23. The van der Waals surface area contributed by atoms with Gasteiger partial charge in [-0.1, -0.05) is 0 Å². The van der Waals surface area contributed by atoms with Crippen LogP contribution in [0.5, 0.6) is 0 Å². The molecule has 4 N–H and O–H groups in total. The summed E-state index contributed by atoms with van der Waals surface area (Å²) < 4.78 is 41.7. The maximum absolute atomic E-state index is 13.7. The first-order chi connectivity index (χ1) is 16.3. The van der Waals surface area contributed by atoms with Crippen LogP contribution in [0.1, 0.15) is 28.4 Å². The number of carbonyl (C=O) groups is 1. The predicted molar refractivity (Wildman–Crippen MR) is 128 cm³/mol. The summed E-state index contributed by atoms with van der Waals surface area (Å²) in [6.45, 7) is 0. The number of nitrogens with one attached hydrogen (secondary N) is 4. The fraction of sp³-hybridized carbons (Fsp3) is 0.130. The van der Waals surface area contributed by atoms with Gasteiger partial charge in [-0.3, -0.25) is 9.52 Å². The maximum atomic E-state index is 13.7. The lowest BCUT2D eigenvalue weighted by Gasteiger charge is -2.26. The molecule has 2 heterocycles. The van der Waals surface area contributed by atoms with Crippen molar-refractivity contribution in [1.82, 2.24) is 15.3 Å². The lowest BCUT2D eigenvalue weighted by atomic mass is 10.0. The Morgan fingerprint density at radius 1 is 1.00 bits per heavy atom. The topological polar surface area (TPSA) is 124 Å². The number of rotatable bonds is 5. The molecule has 1 atom stereocenters. The fourth-order valence-electron chi connectivity index (χ4n) is 3.84. The Labute approximate surface area is 198 Å². The summed E-state index contributed by atoms with van der Waals surface area (Å²) in [5.41, 5.74) is 1.84. The van der Waals surface area contributed by atoms with Crippen molar-refractivity contribution in [2.45, 2.75) is 22.3 Å². The van der Waals surface area contributed by atoms with E-state index in [2.05, 4.69) is 20.0 Å². The second-order valence-corrected chi connectivity index (χ2v) is 10.6. The number of hydrogen-bond acceptors (Lipinski definition) is 5. The first-order valence-electron chi connectivity index (χ1n) is 10.4. The van der Waals surface area contributed by atoms with Crippen molar-refractivity contribution in [3.05, 3.63) is 88.1 Å². The predicted octanol–water partition coefficient (Wildman–Crippen LogP) is 3.76. The van der Waals surface area contributed by atoms with Crippen molar-refractivity contribution >= 4 is 44.4 Å². The minimum atomic E-state index is -3.91. The molecule has 3 aromatic carbocycles. The summed E-state index contributed by atoms with van der Waals surface area (Å²) in [6, 6.07) is 14.6. The molecule has 1 amide bonds. The van der Waals surface area contributed by atoms with Crippen LogP contribution in [-0.2, 0) is 10.0 Å². The molecule has 5 rings (SSSR count). The van der Waals surface area contributed by atoms with Crippen LogP contribution >= 0.6 is 11.8 Å². The molecule has 0 saturated carbocycles.